The van der Waals surface area contributed by atoms with E-state index in [1.165, 1.54) is 0 Å². The van der Waals surface area contributed by atoms with Crippen molar-refractivity contribution in [1.29, 1.82) is 0 Å². The zero-order valence-electron chi connectivity index (χ0n) is 9.96. The van der Waals surface area contributed by atoms with Gasteiger partial charge in [0.15, 0.2) is 9.84 Å². The largest absolute Gasteiger partial charge is 0.390 e. The Labute approximate surface area is 111 Å². The molecule has 1 amide bonds. The highest BCUT2D eigenvalue weighted by molar-refractivity contribution is 7.91. The van der Waals surface area contributed by atoms with Crippen LogP contribution in [0.25, 0.3) is 0 Å². The van der Waals surface area contributed by atoms with E-state index in [1.807, 2.05) is 4.90 Å². The van der Waals surface area contributed by atoms with Gasteiger partial charge in [0.1, 0.15) is 5.88 Å². The SMILES string of the molecule is O=C(CCl)N1CCN([C@H]2CS(=O)(=O)C[C@H]2O)CC1. The van der Waals surface area contributed by atoms with Crippen LogP contribution in [0.4, 0.5) is 0 Å². The second-order valence-electron chi connectivity index (χ2n) is 4.76. The molecule has 0 aromatic heterocycles. The molecule has 0 radical (unpaired) electrons. The summed E-state index contributed by atoms with van der Waals surface area (Å²) in [6.07, 6.45) is -0.815. The van der Waals surface area contributed by atoms with Crippen molar-refractivity contribution in [3.05, 3.63) is 0 Å². The quantitative estimate of drug-likeness (QED) is 0.629. The molecule has 2 saturated heterocycles. The molecule has 2 rings (SSSR count). The molecule has 0 bridgehead atoms. The molecule has 2 fully saturated rings. The van der Waals surface area contributed by atoms with Crippen LogP contribution in [-0.2, 0) is 14.6 Å². The average molecular weight is 297 g/mol. The molecule has 104 valence electrons. The lowest BCUT2D eigenvalue weighted by atomic mass is 10.1. The third-order valence-electron chi connectivity index (χ3n) is 3.54. The number of aliphatic hydroxyl groups excluding tert-OH is 1. The van der Waals surface area contributed by atoms with Gasteiger partial charge >= 0.3 is 0 Å². The van der Waals surface area contributed by atoms with Crippen LogP contribution in [0.5, 0.6) is 0 Å². The number of hydrogen-bond donors (Lipinski definition) is 1. The molecule has 2 aliphatic rings. The van der Waals surface area contributed by atoms with Crippen LogP contribution in [0.3, 0.4) is 0 Å². The molecule has 0 unspecified atom stereocenters. The fourth-order valence-corrected chi connectivity index (χ4v) is 4.55. The Bertz CT molecular complexity index is 420. The van der Waals surface area contributed by atoms with Gasteiger partial charge in [-0.25, -0.2) is 8.42 Å². The Morgan fingerprint density at radius 2 is 1.83 bits per heavy atom. The van der Waals surface area contributed by atoms with Crippen LogP contribution in [0.2, 0.25) is 0 Å². The Hall–Kier alpha value is -0.370. The van der Waals surface area contributed by atoms with Gasteiger partial charge in [0, 0.05) is 26.2 Å². The van der Waals surface area contributed by atoms with Gasteiger partial charge in [-0.1, -0.05) is 0 Å². The van der Waals surface area contributed by atoms with Gasteiger partial charge < -0.3 is 10.0 Å². The van der Waals surface area contributed by atoms with Crippen LogP contribution >= 0.6 is 11.6 Å². The Morgan fingerprint density at radius 1 is 1.22 bits per heavy atom. The normalized spacial score (nSPS) is 32.7. The molecule has 18 heavy (non-hydrogen) atoms. The molecule has 0 aromatic carbocycles. The number of halogens is 1. The van der Waals surface area contributed by atoms with Crippen molar-refractivity contribution in [1.82, 2.24) is 9.80 Å². The van der Waals surface area contributed by atoms with E-state index in [-0.39, 0.29) is 29.3 Å². The number of hydrogen-bond acceptors (Lipinski definition) is 5. The van der Waals surface area contributed by atoms with Crippen molar-refractivity contribution in [3.63, 3.8) is 0 Å². The summed E-state index contributed by atoms with van der Waals surface area (Å²) in [5.41, 5.74) is 0. The fourth-order valence-electron chi connectivity index (χ4n) is 2.55. The maximum atomic E-state index is 11.4. The van der Waals surface area contributed by atoms with Crippen LogP contribution in [0.1, 0.15) is 0 Å². The van der Waals surface area contributed by atoms with E-state index < -0.39 is 15.9 Å². The van der Waals surface area contributed by atoms with Gasteiger partial charge in [0.25, 0.3) is 0 Å². The summed E-state index contributed by atoms with van der Waals surface area (Å²) in [6.45, 7) is 2.24. The maximum Gasteiger partial charge on any atom is 0.237 e. The predicted octanol–water partition coefficient (Wildman–Crippen LogP) is -1.47. The van der Waals surface area contributed by atoms with Gasteiger partial charge in [-0.2, -0.15) is 0 Å². The predicted molar refractivity (Wildman–Crippen MR) is 67.3 cm³/mol. The van der Waals surface area contributed by atoms with Crippen molar-refractivity contribution >= 4 is 27.3 Å². The van der Waals surface area contributed by atoms with Crippen LogP contribution in [0.15, 0.2) is 0 Å². The highest BCUT2D eigenvalue weighted by Gasteiger charge is 2.40. The molecule has 0 saturated carbocycles. The van der Waals surface area contributed by atoms with Crippen molar-refractivity contribution in [2.45, 2.75) is 12.1 Å². The summed E-state index contributed by atoms with van der Waals surface area (Å²) in [5.74, 6) is -0.271. The lowest BCUT2D eigenvalue weighted by Gasteiger charge is -2.38. The molecule has 6 nitrogen and oxygen atoms in total. The smallest absolute Gasteiger partial charge is 0.237 e. The summed E-state index contributed by atoms with van der Waals surface area (Å²) in [4.78, 5) is 15.0. The van der Waals surface area contributed by atoms with Gasteiger partial charge in [0.2, 0.25) is 5.91 Å². The Kier molecular flexibility index (Phi) is 4.15. The molecule has 8 heteroatoms. The number of piperazine rings is 1. The number of carbonyl (C=O) groups excluding carboxylic acids is 1. The number of alkyl halides is 1. The number of rotatable bonds is 2. The molecule has 0 aromatic rings. The lowest BCUT2D eigenvalue weighted by Crippen LogP contribution is -2.55. The Balaban J connectivity index is 1.92. The minimum absolute atomic E-state index is 0.0115. The molecular weight excluding hydrogens is 280 g/mol. The number of amides is 1. The van der Waals surface area contributed by atoms with E-state index in [1.54, 1.807) is 4.90 Å². The van der Waals surface area contributed by atoms with E-state index in [0.29, 0.717) is 26.2 Å². The molecule has 1 N–H and O–H groups in total. The molecule has 0 spiro atoms. The fraction of sp³-hybridized carbons (Fsp3) is 0.900. The summed E-state index contributed by atoms with van der Waals surface area (Å²) in [5, 5.41) is 9.78. The summed E-state index contributed by atoms with van der Waals surface area (Å²) in [6, 6.07) is -0.330. The third-order valence-corrected chi connectivity index (χ3v) is 5.47. The zero-order chi connectivity index (χ0) is 13.3. The van der Waals surface area contributed by atoms with Gasteiger partial charge in [-0.15, -0.1) is 11.6 Å². The standard InChI is InChI=1S/C10H17ClN2O4S/c11-5-10(15)13-3-1-12(2-4-13)8-6-18(16,17)7-9(8)14/h8-9,14H,1-7H2/t8-,9+/m0/s1. The topological polar surface area (TPSA) is 77.9 Å². The summed E-state index contributed by atoms with van der Waals surface area (Å²) in [7, 11) is -3.12. The van der Waals surface area contributed by atoms with E-state index in [4.69, 9.17) is 11.6 Å². The summed E-state index contributed by atoms with van der Waals surface area (Å²) >= 11 is 5.49. The average Bonchev–Trinajstić information content (AvgIpc) is 2.62. The minimum atomic E-state index is -3.12. The van der Waals surface area contributed by atoms with Gasteiger partial charge in [-0.05, 0) is 0 Å². The van der Waals surface area contributed by atoms with E-state index in [9.17, 15) is 18.3 Å². The lowest BCUT2D eigenvalue weighted by molar-refractivity contribution is -0.130. The summed E-state index contributed by atoms with van der Waals surface area (Å²) < 4.78 is 22.9. The number of sulfone groups is 1. The van der Waals surface area contributed by atoms with E-state index >= 15 is 0 Å². The maximum absolute atomic E-state index is 11.4. The van der Waals surface area contributed by atoms with Gasteiger partial charge in [0.05, 0.1) is 23.7 Å². The van der Waals surface area contributed by atoms with Crippen LogP contribution in [-0.4, -0.2) is 84.9 Å². The third kappa shape index (κ3) is 2.96. The van der Waals surface area contributed by atoms with Crippen molar-refractivity contribution in [3.8, 4) is 0 Å². The Morgan fingerprint density at radius 3 is 2.28 bits per heavy atom. The number of carbonyl (C=O) groups is 1. The minimum Gasteiger partial charge on any atom is -0.390 e. The number of aliphatic hydroxyl groups is 1. The monoisotopic (exact) mass is 296 g/mol. The number of nitrogens with zero attached hydrogens (tertiary/aromatic N) is 2. The van der Waals surface area contributed by atoms with Crippen molar-refractivity contribution in [2.24, 2.45) is 0 Å². The first-order chi connectivity index (χ1) is 8.43. The molecule has 2 aliphatic heterocycles. The van der Waals surface area contributed by atoms with Crippen LogP contribution < -0.4 is 0 Å². The second kappa shape index (κ2) is 5.32. The first kappa shape index (κ1) is 14.0. The second-order valence-corrected chi connectivity index (χ2v) is 7.18. The van der Waals surface area contributed by atoms with Crippen molar-refractivity contribution < 1.29 is 18.3 Å². The zero-order valence-corrected chi connectivity index (χ0v) is 11.5. The molecular formula is C10H17ClN2O4S. The van der Waals surface area contributed by atoms with Crippen molar-refractivity contribution in [2.75, 3.05) is 43.6 Å². The molecule has 0 aliphatic carbocycles. The first-order valence-corrected chi connectivity index (χ1v) is 8.25. The molecule has 2 heterocycles. The van der Waals surface area contributed by atoms with E-state index in [0.717, 1.165) is 0 Å². The highest BCUT2D eigenvalue weighted by Crippen LogP contribution is 2.20. The molecule has 2 atom stereocenters. The highest BCUT2D eigenvalue weighted by atomic mass is 35.5. The van der Waals surface area contributed by atoms with E-state index in [2.05, 4.69) is 0 Å². The van der Waals surface area contributed by atoms with Crippen LogP contribution in [0, 0.1) is 0 Å². The van der Waals surface area contributed by atoms with Gasteiger partial charge in [-0.3, -0.25) is 9.69 Å². The first-order valence-electron chi connectivity index (χ1n) is 5.89.